The highest BCUT2D eigenvalue weighted by molar-refractivity contribution is 5.36. The van der Waals surface area contributed by atoms with Gasteiger partial charge in [-0.15, -0.1) is 0 Å². The monoisotopic (exact) mass is 192 g/mol. The first kappa shape index (κ1) is 10.5. The predicted octanol–water partition coefficient (Wildman–Crippen LogP) is 0.257. The average molecular weight is 192 g/mol. The molecule has 0 fully saturated rings. The lowest BCUT2D eigenvalue weighted by molar-refractivity contribution is 0.114. The smallest absolute Gasteiger partial charge is 0.120 e. The molecule has 0 radical (unpaired) electrons. The maximum atomic E-state index is 9.13. The second-order valence-corrected chi connectivity index (χ2v) is 2.84. The maximum absolute atomic E-state index is 9.13. The molecule has 1 aromatic rings. The van der Waals surface area contributed by atoms with Gasteiger partial charge in [-0.1, -0.05) is 6.07 Å². The fourth-order valence-corrected chi connectivity index (χ4v) is 0.916. The van der Waals surface area contributed by atoms with Gasteiger partial charge in [0.05, 0.1) is 11.6 Å². The summed E-state index contributed by atoms with van der Waals surface area (Å²) in [5, 5.41) is 17.7. The molecule has 0 amide bonds. The first-order valence-corrected chi connectivity index (χ1v) is 4.27. The van der Waals surface area contributed by atoms with Crippen LogP contribution in [-0.2, 0) is 0 Å². The van der Waals surface area contributed by atoms with Gasteiger partial charge in [0.15, 0.2) is 0 Å². The van der Waals surface area contributed by atoms with Gasteiger partial charge in [0, 0.05) is 6.54 Å². The van der Waals surface area contributed by atoms with Gasteiger partial charge in [0.1, 0.15) is 18.5 Å². The van der Waals surface area contributed by atoms with Crippen molar-refractivity contribution in [3.05, 3.63) is 29.8 Å². The Hall–Kier alpha value is -1.57. The van der Waals surface area contributed by atoms with E-state index in [4.69, 9.17) is 20.8 Å². The third-order valence-corrected chi connectivity index (χ3v) is 1.68. The molecule has 0 saturated heterocycles. The van der Waals surface area contributed by atoms with Crippen LogP contribution in [0.2, 0.25) is 0 Å². The minimum absolute atomic E-state index is 0.144. The van der Waals surface area contributed by atoms with Gasteiger partial charge in [-0.05, 0) is 18.2 Å². The van der Waals surface area contributed by atoms with E-state index in [1.54, 1.807) is 24.3 Å². The number of nitriles is 1. The number of benzene rings is 1. The highest BCUT2D eigenvalue weighted by Crippen LogP contribution is 2.12. The molecular formula is C10H12N2O2. The molecular weight excluding hydrogens is 180 g/mol. The van der Waals surface area contributed by atoms with Gasteiger partial charge < -0.3 is 15.6 Å². The SMILES string of the molecule is N#Cc1cccc(OCC(O)CN)c1. The summed E-state index contributed by atoms with van der Waals surface area (Å²) in [7, 11) is 0. The van der Waals surface area contributed by atoms with E-state index in [1.807, 2.05) is 6.07 Å². The van der Waals surface area contributed by atoms with E-state index in [9.17, 15) is 0 Å². The number of aliphatic hydroxyl groups is 1. The van der Waals surface area contributed by atoms with E-state index < -0.39 is 6.10 Å². The fraction of sp³-hybridized carbons (Fsp3) is 0.300. The van der Waals surface area contributed by atoms with Crippen molar-refractivity contribution in [2.75, 3.05) is 13.2 Å². The lowest BCUT2D eigenvalue weighted by Gasteiger charge is -2.09. The maximum Gasteiger partial charge on any atom is 0.120 e. The van der Waals surface area contributed by atoms with E-state index in [1.165, 1.54) is 0 Å². The third-order valence-electron chi connectivity index (χ3n) is 1.68. The number of hydrogen-bond donors (Lipinski definition) is 2. The number of rotatable bonds is 4. The molecule has 1 rings (SSSR count). The third kappa shape index (κ3) is 3.05. The lowest BCUT2D eigenvalue weighted by atomic mass is 10.2. The van der Waals surface area contributed by atoms with E-state index in [0.29, 0.717) is 11.3 Å². The summed E-state index contributed by atoms with van der Waals surface area (Å²) < 4.78 is 5.22. The van der Waals surface area contributed by atoms with Crippen LogP contribution in [-0.4, -0.2) is 24.4 Å². The Labute approximate surface area is 82.5 Å². The fourth-order valence-electron chi connectivity index (χ4n) is 0.916. The lowest BCUT2D eigenvalue weighted by Crippen LogP contribution is -2.26. The van der Waals surface area contributed by atoms with Crippen LogP contribution < -0.4 is 10.5 Å². The molecule has 1 unspecified atom stereocenters. The van der Waals surface area contributed by atoms with E-state index in [-0.39, 0.29) is 13.2 Å². The quantitative estimate of drug-likeness (QED) is 0.717. The van der Waals surface area contributed by atoms with Gasteiger partial charge >= 0.3 is 0 Å². The van der Waals surface area contributed by atoms with Crippen LogP contribution in [0.15, 0.2) is 24.3 Å². The summed E-state index contributed by atoms with van der Waals surface area (Å²) in [6.45, 7) is 0.309. The Morgan fingerprint density at radius 3 is 3.00 bits per heavy atom. The molecule has 0 spiro atoms. The standard InChI is InChI=1S/C10H12N2O2/c11-5-8-2-1-3-10(4-8)14-7-9(13)6-12/h1-4,9,13H,6-7,12H2. The average Bonchev–Trinajstić information content (AvgIpc) is 2.26. The minimum Gasteiger partial charge on any atom is -0.491 e. The zero-order valence-electron chi connectivity index (χ0n) is 7.68. The summed E-state index contributed by atoms with van der Waals surface area (Å²) in [4.78, 5) is 0. The highest BCUT2D eigenvalue weighted by Gasteiger charge is 2.02. The summed E-state index contributed by atoms with van der Waals surface area (Å²) in [5.41, 5.74) is 5.74. The van der Waals surface area contributed by atoms with Gasteiger partial charge in [0.2, 0.25) is 0 Å². The normalized spacial score (nSPS) is 11.8. The molecule has 74 valence electrons. The number of hydrogen-bond acceptors (Lipinski definition) is 4. The zero-order valence-corrected chi connectivity index (χ0v) is 7.68. The van der Waals surface area contributed by atoms with Crippen molar-refractivity contribution < 1.29 is 9.84 Å². The number of nitrogens with zero attached hydrogens (tertiary/aromatic N) is 1. The van der Waals surface area contributed by atoms with E-state index >= 15 is 0 Å². The van der Waals surface area contributed by atoms with Crippen molar-refractivity contribution >= 4 is 0 Å². The Balaban J connectivity index is 2.55. The molecule has 3 N–H and O–H groups in total. The van der Waals surface area contributed by atoms with Crippen molar-refractivity contribution in [2.45, 2.75) is 6.10 Å². The first-order valence-electron chi connectivity index (χ1n) is 4.27. The first-order chi connectivity index (χ1) is 6.76. The molecule has 1 aromatic carbocycles. The summed E-state index contributed by atoms with van der Waals surface area (Å²) in [6.07, 6.45) is -0.666. The second kappa shape index (κ2) is 5.22. The number of ether oxygens (including phenoxy) is 1. The zero-order chi connectivity index (χ0) is 10.4. The van der Waals surface area contributed by atoms with Crippen LogP contribution in [0.3, 0.4) is 0 Å². The Morgan fingerprint density at radius 2 is 2.36 bits per heavy atom. The summed E-state index contributed by atoms with van der Waals surface area (Å²) >= 11 is 0. The molecule has 4 heteroatoms. The highest BCUT2D eigenvalue weighted by atomic mass is 16.5. The van der Waals surface area contributed by atoms with Crippen LogP contribution in [0, 0.1) is 11.3 Å². The van der Waals surface area contributed by atoms with Gasteiger partial charge in [-0.2, -0.15) is 5.26 Å². The Morgan fingerprint density at radius 1 is 1.57 bits per heavy atom. The van der Waals surface area contributed by atoms with Crippen LogP contribution in [0.25, 0.3) is 0 Å². The molecule has 0 bridgehead atoms. The molecule has 0 saturated carbocycles. The molecule has 0 aliphatic rings. The topological polar surface area (TPSA) is 79.3 Å². The number of nitrogens with two attached hydrogens (primary N) is 1. The van der Waals surface area contributed by atoms with Crippen molar-refractivity contribution in [1.82, 2.24) is 0 Å². The van der Waals surface area contributed by atoms with Crippen LogP contribution in [0.1, 0.15) is 5.56 Å². The van der Waals surface area contributed by atoms with Crippen LogP contribution in [0.5, 0.6) is 5.75 Å². The Kier molecular flexibility index (Phi) is 3.92. The van der Waals surface area contributed by atoms with Crippen molar-refractivity contribution in [1.29, 1.82) is 5.26 Å². The van der Waals surface area contributed by atoms with Crippen molar-refractivity contribution in [2.24, 2.45) is 5.73 Å². The van der Waals surface area contributed by atoms with Gasteiger partial charge in [0.25, 0.3) is 0 Å². The Bertz CT molecular complexity index is 333. The largest absolute Gasteiger partial charge is 0.491 e. The molecule has 0 aliphatic carbocycles. The van der Waals surface area contributed by atoms with Crippen LogP contribution >= 0.6 is 0 Å². The summed E-state index contributed by atoms with van der Waals surface area (Å²) in [6, 6.07) is 8.75. The van der Waals surface area contributed by atoms with E-state index in [0.717, 1.165) is 0 Å². The van der Waals surface area contributed by atoms with Gasteiger partial charge in [-0.3, -0.25) is 0 Å². The minimum atomic E-state index is -0.666. The molecule has 1 atom stereocenters. The number of aliphatic hydroxyl groups excluding tert-OH is 1. The molecule has 0 aliphatic heterocycles. The predicted molar refractivity (Wildman–Crippen MR) is 51.7 cm³/mol. The molecule has 4 nitrogen and oxygen atoms in total. The molecule has 0 aromatic heterocycles. The molecule has 14 heavy (non-hydrogen) atoms. The van der Waals surface area contributed by atoms with Gasteiger partial charge in [-0.25, -0.2) is 0 Å². The van der Waals surface area contributed by atoms with Crippen molar-refractivity contribution in [3.63, 3.8) is 0 Å². The second-order valence-electron chi connectivity index (χ2n) is 2.84. The van der Waals surface area contributed by atoms with E-state index in [2.05, 4.69) is 0 Å². The van der Waals surface area contributed by atoms with Crippen molar-refractivity contribution in [3.8, 4) is 11.8 Å². The van der Waals surface area contributed by atoms with Crippen LogP contribution in [0.4, 0.5) is 0 Å². The summed E-state index contributed by atoms with van der Waals surface area (Å²) in [5.74, 6) is 0.566. The molecule has 0 heterocycles.